The Labute approximate surface area is 178 Å². The van der Waals surface area contributed by atoms with Crippen LogP contribution >= 0.6 is 0 Å². The third-order valence-electron chi connectivity index (χ3n) is 4.08. The van der Waals surface area contributed by atoms with Gasteiger partial charge in [0.15, 0.2) is 11.5 Å². The van der Waals surface area contributed by atoms with Crippen LogP contribution in [0.2, 0.25) is 0 Å². The summed E-state index contributed by atoms with van der Waals surface area (Å²) < 4.78 is 56.5. The lowest BCUT2D eigenvalue weighted by molar-refractivity contribution is -0.167. The van der Waals surface area contributed by atoms with Crippen molar-refractivity contribution in [3.05, 3.63) is 54.0 Å². The number of benzene rings is 1. The fourth-order valence-corrected chi connectivity index (χ4v) is 2.57. The zero-order valence-corrected chi connectivity index (χ0v) is 16.5. The van der Waals surface area contributed by atoms with E-state index in [-0.39, 0.29) is 29.5 Å². The first-order chi connectivity index (χ1) is 15.1. The van der Waals surface area contributed by atoms with Crippen molar-refractivity contribution in [3.8, 4) is 11.4 Å². The Morgan fingerprint density at radius 2 is 1.94 bits per heavy atom. The summed E-state index contributed by atoms with van der Waals surface area (Å²) in [6.45, 7) is -0.0122. The van der Waals surface area contributed by atoms with Crippen LogP contribution in [0.4, 0.5) is 33.9 Å². The molecule has 0 radical (unpaired) electrons. The summed E-state index contributed by atoms with van der Waals surface area (Å²) in [4.78, 5) is 27.1. The molecular formula is C19H16F4N6O3. The number of nitrogens with zero attached hydrogens (tertiary/aromatic N) is 4. The summed E-state index contributed by atoms with van der Waals surface area (Å²) in [5.74, 6) is -2.40. The minimum atomic E-state index is -5.03. The number of aryl methyl sites for hydroxylation is 1. The lowest BCUT2D eigenvalue weighted by atomic mass is 10.2. The number of ether oxygens (including phenoxy) is 1. The van der Waals surface area contributed by atoms with E-state index >= 15 is 0 Å². The monoisotopic (exact) mass is 452 g/mol. The van der Waals surface area contributed by atoms with Crippen LogP contribution in [-0.2, 0) is 23.0 Å². The Bertz CT molecular complexity index is 1110. The number of hydrogen-bond acceptors (Lipinski definition) is 6. The van der Waals surface area contributed by atoms with Gasteiger partial charge in [0.2, 0.25) is 0 Å². The Balaban J connectivity index is 1.63. The van der Waals surface area contributed by atoms with E-state index in [1.807, 2.05) is 0 Å². The molecule has 0 spiro atoms. The van der Waals surface area contributed by atoms with Crippen molar-refractivity contribution in [2.45, 2.75) is 12.6 Å². The van der Waals surface area contributed by atoms with Gasteiger partial charge < -0.3 is 10.1 Å². The molecule has 2 aromatic heterocycles. The molecule has 2 N–H and O–H groups in total. The molecule has 2 amide bonds. The fraction of sp³-hybridized carbons (Fsp3) is 0.211. The normalized spacial score (nSPS) is 11.2. The first-order valence-corrected chi connectivity index (χ1v) is 9.06. The maximum Gasteiger partial charge on any atom is 0.471 e. The van der Waals surface area contributed by atoms with Crippen LogP contribution in [0.3, 0.4) is 0 Å². The van der Waals surface area contributed by atoms with Gasteiger partial charge in [-0.15, -0.1) is 5.10 Å². The molecule has 0 atom stereocenters. The SMILES string of the molecule is Cn1nnc(-c2ccc(NC(=O)C(F)(F)F)cn2)c1NC(=O)OCCc1cccc(F)c1. The second-order valence-corrected chi connectivity index (χ2v) is 6.44. The third kappa shape index (κ3) is 5.77. The number of amides is 2. The van der Waals surface area contributed by atoms with E-state index in [1.54, 1.807) is 17.4 Å². The number of hydrogen-bond donors (Lipinski definition) is 2. The molecule has 1 aromatic carbocycles. The highest BCUT2D eigenvalue weighted by Crippen LogP contribution is 2.25. The van der Waals surface area contributed by atoms with Crippen LogP contribution in [0.15, 0.2) is 42.6 Å². The van der Waals surface area contributed by atoms with Crippen LogP contribution in [0.1, 0.15) is 5.56 Å². The van der Waals surface area contributed by atoms with Crippen LogP contribution in [0.25, 0.3) is 11.4 Å². The largest absolute Gasteiger partial charge is 0.471 e. The van der Waals surface area contributed by atoms with Gasteiger partial charge in [0, 0.05) is 13.5 Å². The second-order valence-electron chi connectivity index (χ2n) is 6.44. The van der Waals surface area contributed by atoms with Gasteiger partial charge in [-0.05, 0) is 29.8 Å². The average Bonchev–Trinajstić information content (AvgIpc) is 3.08. The Hall–Kier alpha value is -4.03. The van der Waals surface area contributed by atoms with Crippen molar-refractivity contribution >= 4 is 23.5 Å². The van der Waals surface area contributed by atoms with Gasteiger partial charge in [0.1, 0.15) is 5.82 Å². The average molecular weight is 452 g/mol. The van der Waals surface area contributed by atoms with Crippen LogP contribution in [0.5, 0.6) is 0 Å². The zero-order chi connectivity index (χ0) is 23.3. The Kier molecular flexibility index (Phi) is 6.66. The van der Waals surface area contributed by atoms with Gasteiger partial charge in [0.25, 0.3) is 0 Å². The topological polar surface area (TPSA) is 111 Å². The number of carbonyl (C=O) groups excluding carboxylic acids is 2. The molecular weight excluding hydrogens is 436 g/mol. The van der Waals surface area contributed by atoms with E-state index in [4.69, 9.17) is 4.74 Å². The van der Waals surface area contributed by atoms with Crippen molar-refractivity contribution in [2.75, 3.05) is 17.2 Å². The minimum Gasteiger partial charge on any atom is -0.449 e. The number of aromatic nitrogens is 4. The molecule has 0 bridgehead atoms. The van der Waals surface area contributed by atoms with Crippen LogP contribution in [0, 0.1) is 5.82 Å². The van der Waals surface area contributed by atoms with Gasteiger partial charge in [0.05, 0.1) is 24.2 Å². The van der Waals surface area contributed by atoms with Crippen molar-refractivity contribution < 1.29 is 31.9 Å². The first-order valence-electron chi connectivity index (χ1n) is 9.06. The van der Waals surface area contributed by atoms with E-state index in [9.17, 15) is 27.2 Å². The number of nitrogens with one attached hydrogen (secondary N) is 2. The second kappa shape index (κ2) is 9.41. The van der Waals surface area contributed by atoms with Crippen LogP contribution in [-0.4, -0.2) is 44.8 Å². The summed E-state index contributed by atoms with van der Waals surface area (Å²) in [6, 6.07) is 8.37. The predicted molar refractivity (Wildman–Crippen MR) is 104 cm³/mol. The smallest absolute Gasteiger partial charge is 0.449 e. The molecule has 32 heavy (non-hydrogen) atoms. The summed E-state index contributed by atoms with van der Waals surface area (Å²) in [5.41, 5.74) is 0.787. The molecule has 0 unspecified atom stereocenters. The summed E-state index contributed by atoms with van der Waals surface area (Å²) >= 11 is 0. The van der Waals surface area contributed by atoms with E-state index in [0.717, 1.165) is 6.20 Å². The molecule has 0 saturated heterocycles. The Morgan fingerprint density at radius 1 is 1.16 bits per heavy atom. The lowest BCUT2D eigenvalue weighted by Crippen LogP contribution is -2.29. The van der Waals surface area contributed by atoms with Crippen molar-refractivity contribution in [2.24, 2.45) is 7.05 Å². The molecule has 0 aliphatic heterocycles. The quantitative estimate of drug-likeness (QED) is 0.556. The summed E-state index contributed by atoms with van der Waals surface area (Å²) in [7, 11) is 1.50. The third-order valence-corrected chi connectivity index (χ3v) is 4.08. The lowest BCUT2D eigenvalue weighted by Gasteiger charge is -2.09. The molecule has 0 saturated carbocycles. The van der Waals surface area contributed by atoms with Gasteiger partial charge >= 0.3 is 18.2 Å². The van der Waals surface area contributed by atoms with Crippen molar-refractivity contribution in [3.63, 3.8) is 0 Å². The van der Waals surface area contributed by atoms with E-state index < -0.39 is 24.0 Å². The highest BCUT2D eigenvalue weighted by atomic mass is 19.4. The number of anilines is 2. The number of halogens is 4. The number of pyridine rings is 1. The van der Waals surface area contributed by atoms with Gasteiger partial charge in [-0.25, -0.2) is 13.9 Å². The summed E-state index contributed by atoms with van der Waals surface area (Å²) in [6.07, 6.45) is -4.54. The summed E-state index contributed by atoms with van der Waals surface area (Å²) in [5, 5.41) is 11.8. The molecule has 3 rings (SSSR count). The van der Waals surface area contributed by atoms with Crippen molar-refractivity contribution in [1.82, 2.24) is 20.0 Å². The number of alkyl halides is 3. The maximum absolute atomic E-state index is 13.2. The van der Waals surface area contributed by atoms with Gasteiger partial charge in [-0.2, -0.15) is 13.2 Å². The molecule has 0 aliphatic rings. The standard InChI is InChI=1S/C19H16F4N6O3/c1-29-16(26-18(31)32-8-7-11-3-2-4-12(20)9-11)15(27-28-29)14-6-5-13(10-24-14)25-17(30)19(21,22)23/h2-6,9-10H,7-8H2,1H3,(H,25,30)(H,26,31). The molecule has 0 fully saturated rings. The molecule has 168 valence electrons. The van der Waals surface area contributed by atoms with Crippen molar-refractivity contribution in [1.29, 1.82) is 0 Å². The first kappa shape index (κ1) is 22.7. The molecule has 3 aromatic rings. The fourth-order valence-electron chi connectivity index (χ4n) is 2.57. The molecule has 2 heterocycles. The van der Waals surface area contributed by atoms with E-state index in [1.165, 1.54) is 36.0 Å². The highest BCUT2D eigenvalue weighted by Gasteiger charge is 2.38. The minimum absolute atomic E-state index is 0.0122. The van der Waals surface area contributed by atoms with E-state index in [2.05, 4.69) is 20.6 Å². The molecule has 9 nitrogen and oxygen atoms in total. The molecule has 13 heteroatoms. The number of carbonyl (C=O) groups is 2. The van der Waals surface area contributed by atoms with Gasteiger partial charge in [-0.1, -0.05) is 17.3 Å². The van der Waals surface area contributed by atoms with Crippen LogP contribution < -0.4 is 10.6 Å². The molecule has 0 aliphatic carbocycles. The zero-order valence-electron chi connectivity index (χ0n) is 16.5. The van der Waals surface area contributed by atoms with Gasteiger partial charge in [-0.3, -0.25) is 15.1 Å². The Morgan fingerprint density at radius 3 is 2.59 bits per heavy atom. The number of rotatable bonds is 6. The van der Waals surface area contributed by atoms with E-state index in [0.29, 0.717) is 12.0 Å². The maximum atomic E-state index is 13.2. The highest BCUT2D eigenvalue weighted by molar-refractivity contribution is 5.95. The predicted octanol–water partition coefficient (Wildman–Crippen LogP) is 3.31.